The first-order chi connectivity index (χ1) is 9.70. The Morgan fingerprint density at radius 2 is 1.90 bits per heavy atom. The van der Waals surface area contributed by atoms with Gasteiger partial charge in [0.05, 0.1) is 12.3 Å². The summed E-state index contributed by atoms with van der Waals surface area (Å²) in [6.07, 6.45) is -3.10. The second kappa shape index (κ2) is 7.11. The minimum absolute atomic E-state index is 0.0266. The van der Waals surface area contributed by atoms with Gasteiger partial charge in [0.2, 0.25) is 0 Å². The molecule has 0 aliphatic heterocycles. The van der Waals surface area contributed by atoms with Gasteiger partial charge in [0.25, 0.3) is 0 Å². The third-order valence-electron chi connectivity index (χ3n) is 2.61. The molecule has 0 aromatic carbocycles. The number of carbonyl (C=O) groups excluding carboxylic acids is 2. The Balaban J connectivity index is 2.49. The zero-order chi connectivity index (χ0) is 16.0. The molecule has 1 aromatic rings. The number of carbonyl (C=O) groups is 2. The number of nitrogens with zero attached hydrogens (tertiary/aromatic N) is 1. The molecule has 0 aliphatic carbocycles. The second-order valence-electron chi connectivity index (χ2n) is 4.50. The lowest BCUT2D eigenvalue weighted by atomic mass is 10.2. The molecule has 118 valence electrons. The fraction of sp³-hybridized carbons (Fsp3) is 0.500. The molecule has 2 N–H and O–H groups in total. The molecule has 0 fully saturated rings. The van der Waals surface area contributed by atoms with E-state index < -0.39 is 24.5 Å². The Labute approximate surface area is 119 Å². The van der Waals surface area contributed by atoms with Gasteiger partial charge in [-0.2, -0.15) is 13.2 Å². The molecule has 0 saturated carbocycles. The normalized spacial score (nSPS) is 13.0. The van der Waals surface area contributed by atoms with Crippen molar-refractivity contribution in [2.24, 2.45) is 0 Å². The van der Waals surface area contributed by atoms with Crippen LogP contribution >= 0.6 is 0 Å². The molecule has 6 nitrogen and oxygen atoms in total. The van der Waals surface area contributed by atoms with Crippen molar-refractivity contribution in [2.75, 3.05) is 27.2 Å². The molecule has 1 atom stereocenters. The maximum absolute atomic E-state index is 11.9. The summed E-state index contributed by atoms with van der Waals surface area (Å²) < 4.78 is 41.0. The Hall–Kier alpha value is -2.03. The highest BCUT2D eigenvalue weighted by atomic mass is 19.4. The lowest BCUT2D eigenvalue weighted by Crippen LogP contribution is -2.45. The van der Waals surface area contributed by atoms with E-state index in [1.807, 2.05) is 0 Å². The number of hydrogen-bond donors (Lipinski definition) is 2. The van der Waals surface area contributed by atoms with Gasteiger partial charge in [-0.15, -0.1) is 0 Å². The summed E-state index contributed by atoms with van der Waals surface area (Å²) in [5.41, 5.74) is 0. The Morgan fingerprint density at radius 3 is 2.38 bits per heavy atom. The summed E-state index contributed by atoms with van der Waals surface area (Å²) >= 11 is 0. The molecule has 0 bridgehead atoms. The summed E-state index contributed by atoms with van der Waals surface area (Å²) in [4.78, 5) is 24.4. The van der Waals surface area contributed by atoms with Gasteiger partial charge in [0, 0.05) is 6.54 Å². The molecule has 0 spiro atoms. The van der Waals surface area contributed by atoms with Gasteiger partial charge >= 0.3 is 18.0 Å². The van der Waals surface area contributed by atoms with Gasteiger partial charge in [0.1, 0.15) is 12.3 Å². The SMILES string of the molecule is CN(C)C(CNC(=O)C(=O)NCC(F)(F)F)c1ccco1. The first kappa shape index (κ1) is 17.0. The van der Waals surface area contributed by atoms with E-state index in [0.29, 0.717) is 5.76 Å². The van der Waals surface area contributed by atoms with Crippen LogP contribution in [0, 0.1) is 0 Å². The molecule has 1 unspecified atom stereocenters. The van der Waals surface area contributed by atoms with E-state index in [1.54, 1.807) is 31.1 Å². The molecule has 0 saturated heterocycles. The third kappa shape index (κ3) is 5.86. The first-order valence-corrected chi connectivity index (χ1v) is 6.03. The fourth-order valence-corrected chi connectivity index (χ4v) is 1.55. The van der Waals surface area contributed by atoms with Crippen LogP contribution in [0.2, 0.25) is 0 Å². The van der Waals surface area contributed by atoms with E-state index in [-0.39, 0.29) is 12.6 Å². The highest BCUT2D eigenvalue weighted by molar-refractivity contribution is 6.35. The van der Waals surface area contributed by atoms with Crippen LogP contribution in [0.15, 0.2) is 22.8 Å². The lowest BCUT2D eigenvalue weighted by molar-refractivity contribution is -0.146. The van der Waals surface area contributed by atoms with Gasteiger partial charge in [-0.1, -0.05) is 0 Å². The monoisotopic (exact) mass is 307 g/mol. The van der Waals surface area contributed by atoms with E-state index in [4.69, 9.17) is 4.42 Å². The molecule has 0 aliphatic rings. The van der Waals surface area contributed by atoms with Crippen molar-refractivity contribution in [2.45, 2.75) is 12.2 Å². The predicted molar refractivity (Wildman–Crippen MR) is 67.2 cm³/mol. The first-order valence-electron chi connectivity index (χ1n) is 6.03. The van der Waals surface area contributed by atoms with Crippen LogP contribution in [0.5, 0.6) is 0 Å². The number of rotatable bonds is 5. The second-order valence-corrected chi connectivity index (χ2v) is 4.50. The maximum atomic E-state index is 11.9. The molecule has 1 aromatic heterocycles. The van der Waals surface area contributed by atoms with Crippen LogP contribution in [0.3, 0.4) is 0 Å². The van der Waals surface area contributed by atoms with E-state index in [2.05, 4.69) is 5.32 Å². The molecular weight excluding hydrogens is 291 g/mol. The van der Waals surface area contributed by atoms with Crippen LogP contribution in [0.25, 0.3) is 0 Å². The quantitative estimate of drug-likeness (QED) is 0.785. The topological polar surface area (TPSA) is 74.6 Å². The zero-order valence-electron chi connectivity index (χ0n) is 11.5. The van der Waals surface area contributed by atoms with Crippen molar-refractivity contribution in [1.82, 2.24) is 15.5 Å². The summed E-state index contributed by atoms with van der Waals surface area (Å²) in [5.74, 6) is -1.89. The molecular formula is C12H16F3N3O3. The number of nitrogens with one attached hydrogen (secondary N) is 2. The predicted octanol–water partition coefficient (Wildman–Crippen LogP) is 0.677. The van der Waals surface area contributed by atoms with Crippen molar-refractivity contribution < 1.29 is 27.2 Å². The van der Waals surface area contributed by atoms with Crippen molar-refractivity contribution >= 4 is 11.8 Å². The standard InChI is InChI=1S/C12H16F3N3O3/c1-18(2)8(9-4-3-5-21-9)6-16-10(19)11(20)17-7-12(13,14)15/h3-5,8H,6-7H2,1-2H3,(H,16,19)(H,17,20). The van der Waals surface area contributed by atoms with Crippen molar-refractivity contribution in [3.05, 3.63) is 24.2 Å². The maximum Gasteiger partial charge on any atom is 0.405 e. The Morgan fingerprint density at radius 1 is 1.29 bits per heavy atom. The van der Waals surface area contributed by atoms with Crippen molar-refractivity contribution in [3.8, 4) is 0 Å². The van der Waals surface area contributed by atoms with Crippen LogP contribution in [-0.2, 0) is 9.59 Å². The molecule has 1 heterocycles. The molecule has 2 amide bonds. The molecule has 1 rings (SSSR count). The van der Waals surface area contributed by atoms with Crippen molar-refractivity contribution in [3.63, 3.8) is 0 Å². The Kier molecular flexibility index (Phi) is 5.77. The fourth-order valence-electron chi connectivity index (χ4n) is 1.55. The van der Waals surface area contributed by atoms with Gasteiger partial charge in [0.15, 0.2) is 0 Å². The molecule has 21 heavy (non-hydrogen) atoms. The van der Waals surface area contributed by atoms with E-state index in [1.165, 1.54) is 11.6 Å². The summed E-state index contributed by atoms with van der Waals surface area (Å²) in [6, 6.07) is 3.03. The molecule has 0 radical (unpaired) electrons. The number of amides is 2. The number of furan rings is 1. The summed E-state index contributed by atoms with van der Waals surface area (Å²) in [6.45, 7) is -1.52. The third-order valence-corrected chi connectivity index (χ3v) is 2.61. The van der Waals surface area contributed by atoms with Gasteiger partial charge < -0.3 is 15.1 Å². The average Bonchev–Trinajstić information content (AvgIpc) is 2.88. The number of hydrogen-bond acceptors (Lipinski definition) is 4. The summed E-state index contributed by atoms with van der Waals surface area (Å²) in [5, 5.41) is 3.77. The largest absolute Gasteiger partial charge is 0.468 e. The number of alkyl halides is 3. The number of likely N-dealkylation sites (N-methyl/N-ethyl adjacent to an activating group) is 1. The summed E-state index contributed by atoms with van der Waals surface area (Å²) in [7, 11) is 3.48. The smallest absolute Gasteiger partial charge is 0.405 e. The van der Waals surface area contributed by atoms with Crippen LogP contribution < -0.4 is 10.6 Å². The van der Waals surface area contributed by atoms with Gasteiger partial charge in [-0.25, -0.2) is 0 Å². The van der Waals surface area contributed by atoms with Crippen LogP contribution in [0.1, 0.15) is 11.8 Å². The van der Waals surface area contributed by atoms with Gasteiger partial charge in [-0.3, -0.25) is 14.5 Å². The van der Waals surface area contributed by atoms with Crippen LogP contribution in [0.4, 0.5) is 13.2 Å². The Bertz CT molecular complexity index is 472. The average molecular weight is 307 g/mol. The van der Waals surface area contributed by atoms with E-state index >= 15 is 0 Å². The van der Waals surface area contributed by atoms with Gasteiger partial charge in [-0.05, 0) is 26.2 Å². The highest BCUT2D eigenvalue weighted by Crippen LogP contribution is 2.17. The number of halogens is 3. The highest BCUT2D eigenvalue weighted by Gasteiger charge is 2.29. The van der Waals surface area contributed by atoms with E-state index in [9.17, 15) is 22.8 Å². The zero-order valence-corrected chi connectivity index (χ0v) is 11.5. The van der Waals surface area contributed by atoms with E-state index in [0.717, 1.165) is 0 Å². The van der Waals surface area contributed by atoms with Crippen molar-refractivity contribution in [1.29, 1.82) is 0 Å². The van der Waals surface area contributed by atoms with Crippen LogP contribution in [-0.4, -0.2) is 50.1 Å². The minimum Gasteiger partial charge on any atom is -0.468 e. The minimum atomic E-state index is -4.56. The lowest BCUT2D eigenvalue weighted by Gasteiger charge is -2.22. The molecule has 9 heteroatoms.